The molecular weight excluding hydrogens is 334 g/mol. The first-order valence-corrected chi connectivity index (χ1v) is 9.02. The van der Waals surface area contributed by atoms with Gasteiger partial charge < -0.3 is 4.42 Å². The Morgan fingerprint density at radius 2 is 2.16 bits per heavy atom. The second kappa shape index (κ2) is 8.09. The fourth-order valence-corrected chi connectivity index (χ4v) is 3.68. The van der Waals surface area contributed by atoms with Gasteiger partial charge in [0.2, 0.25) is 0 Å². The molecule has 0 bridgehead atoms. The van der Waals surface area contributed by atoms with Gasteiger partial charge in [0.05, 0.1) is 18.8 Å². The van der Waals surface area contributed by atoms with Crippen LogP contribution in [-0.4, -0.2) is 41.2 Å². The topological polar surface area (TPSA) is 49.1 Å². The fraction of sp³-hybridized carbons (Fsp3) is 0.263. The lowest BCUT2D eigenvalue weighted by Gasteiger charge is -2.24. The summed E-state index contributed by atoms with van der Waals surface area (Å²) < 4.78 is 5.47. The van der Waals surface area contributed by atoms with E-state index in [0.717, 1.165) is 10.6 Å². The van der Waals surface area contributed by atoms with Crippen LogP contribution in [0.15, 0.2) is 70.7 Å². The van der Waals surface area contributed by atoms with E-state index in [4.69, 9.17) is 4.42 Å². The van der Waals surface area contributed by atoms with Crippen LogP contribution in [-0.2, 0) is 4.79 Å². The molecule has 3 heterocycles. The molecular formula is C19H21N3O2S. The molecule has 0 aromatic carbocycles. The fourth-order valence-electron chi connectivity index (χ4n) is 2.87. The number of amides is 1. The standard InChI is InChI=1S/C19H21N3O2S/c1-3-9-21(10-4-2)14-19(23)22-16(18-8-6-12-25-18)13-15(20-22)17-7-5-11-24-17/h3-8,11-12,16H,1-2,9-10,13-14H2. The van der Waals surface area contributed by atoms with Gasteiger partial charge in [-0.05, 0) is 23.6 Å². The van der Waals surface area contributed by atoms with Crippen molar-refractivity contribution in [1.29, 1.82) is 0 Å². The number of hydrogen-bond acceptors (Lipinski definition) is 5. The number of hydrazone groups is 1. The molecule has 0 saturated heterocycles. The zero-order valence-corrected chi connectivity index (χ0v) is 14.8. The van der Waals surface area contributed by atoms with Crippen LogP contribution in [0.2, 0.25) is 0 Å². The molecule has 3 rings (SSSR count). The van der Waals surface area contributed by atoms with E-state index in [0.29, 0.717) is 25.3 Å². The number of nitrogens with zero attached hydrogens (tertiary/aromatic N) is 3. The summed E-state index contributed by atoms with van der Waals surface area (Å²) in [6.45, 7) is 9.03. The lowest BCUT2D eigenvalue weighted by Crippen LogP contribution is -2.38. The number of thiophene rings is 1. The molecule has 0 radical (unpaired) electrons. The highest BCUT2D eigenvalue weighted by atomic mass is 32.1. The van der Waals surface area contributed by atoms with Crippen LogP contribution in [0.3, 0.4) is 0 Å². The Morgan fingerprint density at radius 3 is 2.76 bits per heavy atom. The second-order valence-corrected chi connectivity index (χ2v) is 6.75. The number of carbonyl (C=O) groups excluding carboxylic acids is 1. The normalized spacial score (nSPS) is 16.9. The Kier molecular flexibility index (Phi) is 5.63. The smallest absolute Gasteiger partial charge is 0.257 e. The Hall–Kier alpha value is -2.44. The van der Waals surface area contributed by atoms with Crippen LogP contribution in [0.1, 0.15) is 23.1 Å². The van der Waals surface area contributed by atoms with Gasteiger partial charge in [-0.1, -0.05) is 18.2 Å². The average Bonchev–Trinajstić information content (AvgIpc) is 3.34. The lowest BCUT2D eigenvalue weighted by atomic mass is 10.1. The van der Waals surface area contributed by atoms with Crippen LogP contribution >= 0.6 is 11.3 Å². The van der Waals surface area contributed by atoms with Gasteiger partial charge >= 0.3 is 0 Å². The molecule has 0 aliphatic carbocycles. The van der Waals surface area contributed by atoms with Crippen LogP contribution in [0.25, 0.3) is 0 Å². The van der Waals surface area contributed by atoms with Crippen molar-refractivity contribution in [3.05, 3.63) is 71.9 Å². The van der Waals surface area contributed by atoms with E-state index in [1.165, 1.54) is 0 Å². The molecule has 2 aromatic heterocycles. The van der Waals surface area contributed by atoms with E-state index in [1.54, 1.807) is 34.8 Å². The molecule has 2 aromatic rings. The van der Waals surface area contributed by atoms with Crippen LogP contribution in [0.4, 0.5) is 0 Å². The third kappa shape index (κ3) is 3.97. The van der Waals surface area contributed by atoms with E-state index in [-0.39, 0.29) is 18.5 Å². The first-order valence-electron chi connectivity index (χ1n) is 8.14. The molecule has 0 saturated carbocycles. The Morgan fingerprint density at radius 1 is 1.36 bits per heavy atom. The Labute approximate surface area is 151 Å². The van der Waals surface area contributed by atoms with Crippen LogP contribution in [0, 0.1) is 0 Å². The summed E-state index contributed by atoms with van der Waals surface area (Å²) in [6, 6.07) is 7.66. The monoisotopic (exact) mass is 355 g/mol. The van der Waals surface area contributed by atoms with E-state index >= 15 is 0 Å². The molecule has 1 aliphatic heterocycles. The first kappa shape index (κ1) is 17.4. The highest BCUT2D eigenvalue weighted by molar-refractivity contribution is 7.10. The predicted octanol–water partition coefficient (Wildman–Crippen LogP) is 3.69. The lowest BCUT2D eigenvalue weighted by molar-refractivity contribution is -0.133. The molecule has 0 fully saturated rings. The Balaban J connectivity index is 1.82. The molecule has 1 atom stereocenters. The third-order valence-electron chi connectivity index (χ3n) is 3.98. The summed E-state index contributed by atoms with van der Waals surface area (Å²) in [4.78, 5) is 16.0. The van der Waals surface area contributed by atoms with Crippen LogP contribution < -0.4 is 0 Å². The molecule has 130 valence electrons. The minimum atomic E-state index is -0.0816. The quantitative estimate of drug-likeness (QED) is 0.679. The molecule has 5 nitrogen and oxygen atoms in total. The maximum Gasteiger partial charge on any atom is 0.257 e. The van der Waals surface area contributed by atoms with Crippen LogP contribution in [0.5, 0.6) is 0 Å². The molecule has 0 spiro atoms. The summed E-state index contributed by atoms with van der Waals surface area (Å²) in [5, 5.41) is 8.19. The zero-order chi connectivity index (χ0) is 17.6. The van der Waals surface area contributed by atoms with Crippen molar-refractivity contribution < 1.29 is 9.21 Å². The summed E-state index contributed by atoms with van der Waals surface area (Å²) in [6.07, 6.45) is 5.85. The number of hydrogen-bond donors (Lipinski definition) is 0. The summed E-state index contributed by atoms with van der Waals surface area (Å²) >= 11 is 1.64. The second-order valence-electron chi connectivity index (χ2n) is 5.77. The number of furan rings is 1. The van der Waals surface area contributed by atoms with E-state index in [2.05, 4.69) is 18.3 Å². The van der Waals surface area contributed by atoms with Gasteiger partial charge in [0, 0.05) is 24.4 Å². The SMILES string of the molecule is C=CCN(CC=C)CC(=O)N1N=C(c2ccco2)CC1c1cccs1. The summed E-state index contributed by atoms with van der Waals surface area (Å²) in [5.41, 5.74) is 0.802. The van der Waals surface area contributed by atoms with Gasteiger partial charge in [-0.2, -0.15) is 5.10 Å². The summed E-state index contributed by atoms with van der Waals surface area (Å²) in [7, 11) is 0. The molecule has 6 heteroatoms. The van der Waals surface area contributed by atoms with Crippen molar-refractivity contribution in [2.24, 2.45) is 5.10 Å². The van der Waals surface area contributed by atoms with E-state index in [1.807, 2.05) is 34.5 Å². The van der Waals surface area contributed by atoms with Crippen molar-refractivity contribution in [1.82, 2.24) is 9.91 Å². The van der Waals surface area contributed by atoms with Crippen molar-refractivity contribution in [3.63, 3.8) is 0 Å². The van der Waals surface area contributed by atoms with Gasteiger partial charge in [0.1, 0.15) is 11.5 Å². The third-order valence-corrected chi connectivity index (χ3v) is 4.95. The van der Waals surface area contributed by atoms with E-state index in [9.17, 15) is 4.79 Å². The van der Waals surface area contributed by atoms with Gasteiger partial charge in [-0.15, -0.1) is 24.5 Å². The predicted molar refractivity (Wildman–Crippen MR) is 101 cm³/mol. The van der Waals surface area contributed by atoms with Crippen molar-refractivity contribution in [2.75, 3.05) is 19.6 Å². The van der Waals surface area contributed by atoms with Gasteiger partial charge in [0.15, 0.2) is 0 Å². The highest BCUT2D eigenvalue weighted by Gasteiger charge is 2.34. The van der Waals surface area contributed by atoms with Gasteiger partial charge in [0.25, 0.3) is 5.91 Å². The number of carbonyl (C=O) groups is 1. The van der Waals surface area contributed by atoms with Crippen molar-refractivity contribution >= 4 is 23.0 Å². The minimum absolute atomic E-state index is 0.0383. The zero-order valence-electron chi connectivity index (χ0n) is 14.0. The van der Waals surface area contributed by atoms with Crippen molar-refractivity contribution in [2.45, 2.75) is 12.5 Å². The Bertz CT molecular complexity index is 740. The molecule has 1 unspecified atom stereocenters. The summed E-state index contributed by atoms with van der Waals surface area (Å²) in [5.74, 6) is 0.676. The van der Waals surface area contributed by atoms with E-state index < -0.39 is 0 Å². The maximum absolute atomic E-state index is 12.9. The largest absolute Gasteiger partial charge is 0.463 e. The molecule has 0 N–H and O–H groups in total. The first-order chi connectivity index (χ1) is 12.2. The average molecular weight is 355 g/mol. The molecule has 1 amide bonds. The van der Waals surface area contributed by atoms with Gasteiger partial charge in [-0.3, -0.25) is 9.69 Å². The molecule has 25 heavy (non-hydrogen) atoms. The van der Waals surface area contributed by atoms with Gasteiger partial charge in [-0.25, -0.2) is 5.01 Å². The highest BCUT2D eigenvalue weighted by Crippen LogP contribution is 2.35. The molecule has 1 aliphatic rings. The maximum atomic E-state index is 12.9. The number of rotatable bonds is 8. The van der Waals surface area contributed by atoms with Crippen molar-refractivity contribution in [3.8, 4) is 0 Å². The minimum Gasteiger partial charge on any atom is -0.463 e.